The minimum absolute atomic E-state index is 0.0632. The fourth-order valence-corrected chi connectivity index (χ4v) is 2.98. The van der Waals surface area contributed by atoms with E-state index in [0.29, 0.717) is 18.2 Å². The third kappa shape index (κ3) is 2.54. The largest absolute Gasteiger partial charge is 0.484 e. The van der Waals surface area contributed by atoms with Crippen LogP contribution in [0.2, 0.25) is 0 Å². The Balaban J connectivity index is 2.32. The predicted octanol–water partition coefficient (Wildman–Crippen LogP) is 2.13. The van der Waals surface area contributed by atoms with Gasteiger partial charge in [0.05, 0.1) is 24.9 Å². The molecule has 0 amide bonds. The minimum atomic E-state index is -0.0632. The number of nitrogen functional groups attached to an aromatic ring is 1. The molecule has 2 N–H and O–H groups in total. The van der Waals surface area contributed by atoms with Gasteiger partial charge >= 0.3 is 0 Å². The normalized spacial score (nSPS) is 19.3. The smallest absolute Gasteiger partial charge is 0.198 e. The van der Waals surface area contributed by atoms with Crippen molar-refractivity contribution in [2.45, 2.75) is 39.3 Å². The molecule has 0 spiro atoms. The van der Waals surface area contributed by atoms with Crippen LogP contribution in [0.5, 0.6) is 5.75 Å². The molecule has 1 saturated heterocycles. The highest BCUT2D eigenvalue weighted by molar-refractivity contribution is 7.11. The third-order valence-electron chi connectivity index (χ3n) is 2.90. The fourth-order valence-electron chi connectivity index (χ4n) is 2.04. The van der Waals surface area contributed by atoms with Crippen LogP contribution in [0.3, 0.4) is 0 Å². The molecule has 0 bridgehead atoms. The first-order valence-corrected chi connectivity index (χ1v) is 6.96. The number of hydrogen-bond acceptors (Lipinski definition) is 6. The molecule has 5 nitrogen and oxygen atoms in total. The summed E-state index contributed by atoms with van der Waals surface area (Å²) < 4.78 is 15.6. The molecule has 18 heavy (non-hydrogen) atoms. The zero-order valence-electron chi connectivity index (χ0n) is 11.4. The molecule has 2 rings (SSSR count). The zero-order chi connectivity index (χ0) is 13.3. The van der Waals surface area contributed by atoms with Gasteiger partial charge in [-0.15, -0.1) is 0 Å². The van der Waals surface area contributed by atoms with E-state index in [4.69, 9.17) is 15.2 Å². The Morgan fingerprint density at radius 2 is 2.22 bits per heavy atom. The van der Waals surface area contributed by atoms with E-state index < -0.39 is 0 Å². The molecule has 0 radical (unpaired) electrons. The Hall–Kier alpha value is -1.01. The van der Waals surface area contributed by atoms with Gasteiger partial charge in [0.2, 0.25) is 0 Å². The predicted molar refractivity (Wildman–Crippen MR) is 74.5 cm³/mol. The van der Waals surface area contributed by atoms with Crippen LogP contribution in [-0.2, 0) is 4.74 Å². The van der Waals surface area contributed by atoms with Gasteiger partial charge in [-0.05, 0) is 39.2 Å². The van der Waals surface area contributed by atoms with Crippen molar-refractivity contribution < 1.29 is 9.47 Å². The summed E-state index contributed by atoms with van der Waals surface area (Å²) in [6.45, 7) is 10.6. The van der Waals surface area contributed by atoms with E-state index in [-0.39, 0.29) is 11.6 Å². The monoisotopic (exact) mass is 271 g/mol. The number of rotatable bonds is 3. The van der Waals surface area contributed by atoms with Crippen LogP contribution in [0.25, 0.3) is 0 Å². The molecule has 102 valence electrons. The van der Waals surface area contributed by atoms with E-state index >= 15 is 0 Å². The molecule has 0 atom stereocenters. The molecule has 6 heteroatoms. The summed E-state index contributed by atoms with van der Waals surface area (Å²) in [5, 5.41) is 1.01. The maximum atomic E-state index is 5.90. The molecule has 2 heterocycles. The van der Waals surface area contributed by atoms with E-state index in [1.54, 1.807) is 0 Å². The maximum Gasteiger partial charge on any atom is 0.198 e. The topological polar surface area (TPSA) is 60.6 Å². The van der Waals surface area contributed by atoms with Crippen LogP contribution in [0.15, 0.2) is 0 Å². The summed E-state index contributed by atoms with van der Waals surface area (Å²) in [6.07, 6.45) is 0.0894. The van der Waals surface area contributed by atoms with Gasteiger partial charge in [-0.2, -0.15) is 4.37 Å². The lowest BCUT2D eigenvalue weighted by Gasteiger charge is -2.42. The molecule has 0 aliphatic carbocycles. The molecular weight excluding hydrogens is 250 g/mol. The number of ether oxygens (including phenoxy) is 2. The Kier molecular flexibility index (Phi) is 3.68. The summed E-state index contributed by atoms with van der Waals surface area (Å²) >= 11 is 1.40. The third-order valence-corrected chi connectivity index (χ3v) is 3.77. The van der Waals surface area contributed by atoms with Gasteiger partial charge in [-0.25, -0.2) is 0 Å². The Labute approximate surface area is 112 Å². The number of anilines is 2. The first-order chi connectivity index (χ1) is 8.42. The lowest BCUT2D eigenvalue weighted by molar-refractivity contribution is 0.0643. The van der Waals surface area contributed by atoms with Crippen LogP contribution in [0, 0.1) is 0 Å². The standard InChI is InChI=1S/C12H21N3O2S/c1-8(2)17-9-10(13)14-18-11(9)15-5-6-16-7-12(15,3)4/h8H,5-7H2,1-4H3,(H2,13,14). The van der Waals surface area contributed by atoms with Gasteiger partial charge in [0.1, 0.15) is 0 Å². The van der Waals surface area contributed by atoms with Crippen molar-refractivity contribution in [1.82, 2.24) is 4.37 Å². The Bertz CT molecular complexity index is 417. The lowest BCUT2D eigenvalue weighted by atomic mass is 10.0. The quantitative estimate of drug-likeness (QED) is 0.912. The average Bonchev–Trinajstić information content (AvgIpc) is 2.60. The highest BCUT2D eigenvalue weighted by Gasteiger charge is 2.34. The number of nitrogens with two attached hydrogens (primary N) is 1. The van der Waals surface area contributed by atoms with E-state index in [1.807, 2.05) is 13.8 Å². The Morgan fingerprint density at radius 1 is 1.50 bits per heavy atom. The SMILES string of the molecule is CC(C)Oc1c(N)nsc1N1CCOCC1(C)C. The van der Waals surface area contributed by atoms with Gasteiger partial charge in [0.25, 0.3) is 0 Å². The second-order valence-electron chi connectivity index (χ2n) is 5.39. The van der Waals surface area contributed by atoms with Crippen LogP contribution in [0.4, 0.5) is 10.8 Å². The van der Waals surface area contributed by atoms with Crippen molar-refractivity contribution in [3.8, 4) is 5.75 Å². The van der Waals surface area contributed by atoms with Gasteiger partial charge < -0.3 is 20.1 Å². The summed E-state index contributed by atoms with van der Waals surface area (Å²) in [6, 6.07) is 0. The van der Waals surface area contributed by atoms with Gasteiger partial charge in [-0.3, -0.25) is 0 Å². The van der Waals surface area contributed by atoms with E-state index in [0.717, 1.165) is 18.2 Å². The van der Waals surface area contributed by atoms with Crippen molar-refractivity contribution in [1.29, 1.82) is 0 Å². The first kappa shape index (κ1) is 13.4. The van der Waals surface area contributed by atoms with E-state index in [1.165, 1.54) is 11.5 Å². The molecule has 1 aliphatic rings. The summed E-state index contributed by atoms with van der Waals surface area (Å²) in [5.41, 5.74) is 5.84. The summed E-state index contributed by atoms with van der Waals surface area (Å²) in [7, 11) is 0. The molecule has 0 aromatic carbocycles. The van der Waals surface area contributed by atoms with Gasteiger partial charge in [0.15, 0.2) is 16.6 Å². The first-order valence-electron chi connectivity index (χ1n) is 6.19. The van der Waals surface area contributed by atoms with Crippen LogP contribution < -0.4 is 15.4 Å². The van der Waals surface area contributed by atoms with Gasteiger partial charge in [-0.1, -0.05) is 0 Å². The van der Waals surface area contributed by atoms with Gasteiger partial charge in [0, 0.05) is 6.54 Å². The van der Waals surface area contributed by atoms with Crippen LogP contribution >= 0.6 is 11.5 Å². The lowest BCUT2D eigenvalue weighted by Crippen LogP contribution is -2.53. The number of aromatic nitrogens is 1. The van der Waals surface area contributed by atoms with Crippen LogP contribution in [0.1, 0.15) is 27.7 Å². The zero-order valence-corrected chi connectivity index (χ0v) is 12.2. The second kappa shape index (κ2) is 4.93. The Morgan fingerprint density at radius 3 is 2.83 bits per heavy atom. The molecular formula is C12H21N3O2S. The van der Waals surface area contributed by atoms with Crippen molar-refractivity contribution >= 4 is 22.4 Å². The molecule has 0 saturated carbocycles. The number of nitrogens with zero attached hydrogens (tertiary/aromatic N) is 2. The summed E-state index contributed by atoms with van der Waals surface area (Å²) in [5.74, 6) is 1.19. The van der Waals surface area contributed by atoms with E-state index in [9.17, 15) is 0 Å². The average molecular weight is 271 g/mol. The van der Waals surface area contributed by atoms with Crippen molar-refractivity contribution in [2.75, 3.05) is 30.4 Å². The number of morpholine rings is 1. The fraction of sp³-hybridized carbons (Fsp3) is 0.750. The number of hydrogen-bond donors (Lipinski definition) is 1. The van der Waals surface area contributed by atoms with Crippen molar-refractivity contribution in [3.63, 3.8) is 0 Å². The van der Waals surface area contributed by atoms with E-state index in [2.05, 4.69) is 23.1 Å². The molecule has 0 unspecified atom stereocenters. The molecule has 1 aliphatic heterocycles. The molecule has 1 fully saturated rings. The van der Waals surface area contributed by atoms with Crippen molar-refractivity contribution in [2.24, 2.45) is 0 Å². The highest BCUT2D eigenvalue weighted by atomic mass is 32.1. The molecule has 1 aromatic rings. The highest BCUT2D eigenvalue weighted by Crippen LogP contribution is 2.42. The van der Waals surface area contributed by atoms with Crippen molar-refractivity contribution in [3.05, 3.63) is 0 Å². The second-order valence-corrected chi connectivity index (χ2v) is 6.14. The minimum Gasteiger partial charge on any atom is -0.484 e. The maximum absolute atomic E-state index is 5.90. The molecule has 1 aromatic heterocycles. The summed E-state index contributed by atoms with van der Waals surface area (Å²) in [4.78, 5) is 2.28. The van der Waals surface area contributed by atoms with Crippen LogP contribution in [-0.4, -0.2) is 35.8 Å².